The maximum atomic E-state index is 5.94. The van der Waals surface area contributed by atoms with Crippen molar-refractivity contribution < 1.29 is 9.47 Å². The Kier molecular flexibility index (Phi) is 4.13. The van der Waals surface area contributed by atoms with Crippen LogP contribution in [0.1, 0.15) is 0 Å². The van der Waals surface area contributed by atoms with E-state index >= 15 is 0 Å². The minimum atomic E-state index is 0.144. The third kappa shape index (κ3) is 3.15. The van der Waals surface area contributed by atoms with Crippen molar-refractivity contribution in [2.45, 2.75) is 6.10 Å². The van der Waals surface area contributed by atoms with Crippen LogP contribution in [0, 0.1) is 0 Å². The molecule has 1 saturated heterocycles. The first-order valence-corrected chi connectivity index (χ1v) is 7.39. The fourth-order valence-electron chi connectivity index (χ4n) is 2.14. The van der Waals surface area contributed by atoms with Crippen molar-refractivity contribution in [2.75, 3.05) is 26.3 Å². The van der Waals surface area contributed by atoms with Crippen molar-refractivity contribution in [3.05, 3.63) is 41.8 Å². The molecule has 2 aromatic rings. The van der Waals surface area contributed by atoms with Gasteiger partial charge in [0.15, 0.2) is 0 Å². The highest BCUT2D eigenvalue weighted by Gasteiger charge is 2.15. The molecule has 1 aromatic heterocycles. The first-order valence-electron chi connectivity index (χ1n) is 6.51. The van der Waals surface area contributed by atoms with Crippen LogP contribution in [0.25, 0.3) is 10.4 Å². The van der Waals surface area contributed by atoms with Crippen molar-refractivity contribution in [1.82, 2.24) is 5.32 Å². The number of nitrogens with one attached hydrogen (secondary N) is 1. The van der Waals surface area contributed by atoms with Gasteiger partial charge in [-0.25, -0.2) is 0 Å². The van der Waals surface area contributed by atoms with Gasteiger partial charge in [-0.2, -0.15) is 0 Å². The van der Waals surface area contributed by atoms with Crippen LogP contribution in [0.3, 0.4) is 0 Å². The summed E-state index contributed by atoms with van der Waals surface area (Å²) in [4.78, 5) is 1.23. The molecule has 1 unspecified atom stereocenters. The molecule has 0 bridgehead atoms. The summed E-state index contributed by atoms with van der Waals surface area (Å²) in [6, 6.07) is 12.3. The molecule has 0 spiro atoms. The minimum absolute atomic E-state index is 0.144. The van der Waals surface area contributed by atoms with Gasteiger partial charge in [-0.05, 0) is 23.6 Å². The van der Waals surface area contributed by atoms with Crippen molar-refractivity contribution in [3.8, 4) is 16.2 Å². The summed E-state index contributed by atoms with van der Waals surface area (Å²) in [5.74, 6) is 0.930. The highest BCUT2D eigenvalue weighted by Crippen LogP contribution is 2.33. The molecule has 1 N–H and O–H groups in total. The standard InChI is InChI=1S/C15H17NO2S/c1-2-5-14(13(4-1)15-6-3-9-19-15)18-11-12-10-16-7-8-17-12/h1-6,9,12,16H,7-8,10-11H2. The molecule has 0 saturated carbocycles. The number of hydrogen-bond acceptors (Lipinski definition) is 4. The number of rotatable bonds is 4. The number of morpholine rings is 1. The van der Waals surface area contributed by atoms with Crippen LogP contribution in [-0.2, 0) is 4.74 Å². The monoisotopic (exact) mass is 275 g/mol. The van der Waals surface area contributed by atoms with Gasteiger partial charge >= 0.3 is 0 Å². The van der Waals surface area contributed by atoms with Gasteiger partial charge in [-0.15, -0.1) is 11.3 Å². The Morgan fingerprint density at radius 2 is 2.21 bits per heavy atom. The SMILES string of the molecule is c1csc(-c2ccccc2OCC2CNCCO2)c1. The van der Waals surface area contributed by atoms with Gasteiger partial charge < -0.3 is 14.8 Å². The Morgan fingerprint density at radius 3 is 3.00 bits per heavy atom. The van der Waals surface area contributed by atoms with Gasteiger partial charge in [0.25, 0.3) is 0 Å². The molecule has 0 aliphatic carbocycles. The van der Waals surface area contributed by atoms with Crippen molar-refractivity contribution in [2.24, 2.45) is 0 Å². The second-order valence-electron chi connectivity index (χ2n) is 4.48. The Labute approximate surface area is 117 Å². The van der Waals surface area contributed by atoms with Gasteiger partial charge in [0, 0.05) is 23.5 Å². The summed E-state index contributed by atoms with van der Waals surface area (Å²) >= 11 is 1.73. The zero-order valence-electron chi connectivity index (χ0n) is 10.7. The molecule has 2 heterocycles. The lowest BCUT2D eigenvalue weighted by molar-refractivity contribution is 0.000321. The highest BCUT2D eigenvalue weighted by molar-refractivity contribution is 7.13. The first kappa shape index (κ1) is 12.7. The minimum Gasteiger partial charge on any atom is -0.490 e. The molecule has 1 atom stereocenters. The summed E-state index contributed by atoms with van der Waals surface area (Å²) in [5, 5.41) is 5.39. The zero-order chi connectivity index (χ0) is 12.9. The lowest BCUT2D eigenvalue weighted by atomic mass is 10.1. The predicted octanol–water partition coefficient (Wildman–Crippen LogP) is 2.78. The molecule has 1 aliphatic rings. The van der Waals surface area contributed by atoms with E-state index in [1.807, 2.05) is 18.2 Å². The molecule has 0 amide bonds. The molecule has 100 valence electrons. The lowest BCUT2D eigenvalue weighted by Gasteiger charge is -2.24. The fraction of sp³-hybridized carbons (Fsp3) is 0.333. The Hall–Kier alpha value is -1.36. The summed E-state index contributed by atoms with van der Waals surface area (Å²) in [5.41, 5.74) is 1.15. The molecule has 3 rings (SSSR count). The van der Waals surface area contributed by atoms with E-state index in [1.54, 1.807) is 11.3 Å². The van der Waals surface area contributed by atoms with Crippen molar-refractivity contribution in [1.29, 1.82) is 0 Å². The Balaban J connectivity index is 1.70. The van der Waals surface area contributed by atoms with E-state index in [9.17, 15) is 0 Å². The summed E-state index contributed by atoms with van der Waals surface area (Å²) < 4.78 is 11.6. The molecular weight excluding hydrogens is 258 g/mol. The van der Waals surface area contributed by atoms with Crippen molar-refractivity contribution >= 4 is 11.3 Å². The number of para-hydroxylation sites is 1. The van der Waals surface area contributed by atoms with Crippen LogP contribution in [-0.4, -0.2) is 32.4 Å². The molecule has 1 fully saturated rings. The van der Waals surface area contributed by atoms with E-state index in [1.165, 1.54) is 4.88 Å². The Morgan fingerprint density at radius 1 is 1.26 bits per heavy atom. The summed E-state index contributed by atoms with van der Waals surface area (Å²) in [6.07, 6.45) is 0.144. The zero-order valence-corrected chi connectivity index (χ0v) is 11.5. The molecule has 0 radical (unpaired) electrons. The van der Waals surface area contributed by atoms with Gasteiger partial charge in [-0.3, -0.25) is 0 Å². The molecular formula is C15H17NO2S. The molecule has 19 heavy (non-hydrogen) atoms. The van der Waals surface area contributed by atoms with Gasteiger partial charge in [-0.1, -0.05) is 18.2 Å². The first-order chi connectivity index (χ1) is 9.43. The fourth-order valence-corrected chi connectivity index (χ4v) is 2.89. The number of thiophene rings is 1. The van der Waals surface area contributed by atoms with Crippen molar-refractivity contribution in [3.63, 3.8) is 0 Å². The van der Waals surface area contributed by atoms with Crippen LogP contribution in [0.2, 0.25) is 0 Å². The second-order valence-corrected chi connectivity index (χ2v) is 5.43. The smallest absolute Gasteiger partial charge is 0.128 e. The van der Waals surface area contributed by atoms with E-state index in [2.05, 4.69) is 28.9 Å². The third-order valence-corrected chi connectivity index (χ3v) is 4.01. The van der Waals surface area contributed by atoms with Gasteiger partial charge in [0.05, 0.1) is 6.61 Å². The van der Waals surface area contributed by atoms with Crippen LogP contribution in [0.4, 0.5) is 0 Å². The van der Waals surface area contributed by atoms with E-state index in [0.717, 1.165) is 31.0 Å². The summed E-state index contributed by atoms with van der Waals surface area (Å²) in [7, 11) is 0. The van der Waals surface area contributed by atoms with Crippen LogP contribution in [0.15, 0.2) is 41.8 Å². The quantitative estimate of drug-likeness (QED) is 0.930. The van der Waals surface area contributed by atoms with Gasteiger partial charge in [0.2, 0.25) is 0 Å². The number of ether oxygens (including phenoxy) is 2. The average Bonchev–Trinajstić information content (AvgIpc) is 3.01. The van der Waals surface area contributed by atoms with Gasteiger partial charge in [0.1, 0.15) is 18.5 Å². The van der Waals surface area contributed by atoms with E-state index in [4.69, 9.17) is 9.47 Å². The number of benzene rings is 1. The normalized spacial score (nSPS) is 19.3. The van der Waals surface area contributed by atoms with Crippen LogP contribution in [0.5, 0.6) is 5.75 Å². The van der Waals surface area contributed by atoms with E-state index in [0.29, 0.717) is 6.61 Å². The topological polar surface area (TPSA) is 30.5 Å². The molecule has 3 nitrogen and oxygen atoms in total. The maximum absolute atomic E-state index is 5.94. The largest absolute Gasteiger partial charge is 0.490 e. The molecule has 4 heteroatoms. The lowest BCUT2D eigenvalue weighted by Crippen LogP contribution is -2.41. The third-order valence-electron chi connectivity index (χ3n) is 3.10. The summed E-state index contributed by atoms with van der Waals surface area (Å²) in [6.45, 7) is 3.15. The van der Waals surface area contributed by atoms with E-state index in [-0.39, 0.29) is 6.10 Å². The Bertz CT molecular complexity index is 507. The van der Waals surface area contributed by atoms with Crippen LogP contribution >= 0.6 is 11.3 Å². The maximum Gasteiger partial charge on any atom is 0.128 e. The molecule has 1 aromatic carbocycles. The van der Waals surface area contributed by atoms with Crippen LogP contribution < -0.4 is 10.1 Å². The van der Waals surface area contributed by atoms with E-state index < -0.39 is 0 Å². The average molecular weight is 275 g/mol. The highest BCUT2D eigenvalue weighted by atomic mass is 32.1. The number of hydrogen-bond donors (Lipinski definition) is 1. The predicted molar refractivity (Wildman–Crippen MR) is 77.9 cm³/mol. The molecule has 1 aliphatic heterocycles. The second kappa shape index (κ2) is 6.19.